The predicted octanol–water partition coefficient (Wildman–Crippen LogP) is 2.97. The maximum absolute atomic E-state index is 13.2. The second-order valence-electron chi connectivity index (χ2n) is 8.37. The van der Waals surface area contributed by atoms with Gasteiger partial charge in [-0.1, -0.05) is 6.07 Å². The lowest BCUT2D eigenvalue weighted by molar-refractivity contribution is 0.0703. The number of rotatable bonds is 3. The van der Waals surface area contributed by atoms with E-state index >= 15 is 0 Å². The van der Waals surface area contributed by atoms with Gasteiger partial charge in [0.05, 0.1) is 15.5 Å². The number of hydrogen-bond acceptors (Lipinski definition) is 5. The van der Waals surface area contributed by atoms with Gasteiger partial charge in [-0.15, -0.1) is 11.3 Å². The maximum Gasteiger partial charge on any atom is 0.264 e. The van der Waals surface area contributed by atoms with Crippen LogP contribution in [0, 0.1) is 6.92 Å². The van der Waals surface area contributed by atoms with Gasteiger partial charge in [0.25, 0.3) is 5.91 Å². The standard InChI is InChI=1S/C22H26N4O3S2/c1-15-19-14-20(30-22(19)24(2)23-15)21(27)25-9-11-26(12-10-25)31(28,29)18-8-7-16-5-3-4-6-17(16)13-18/h7-8,13-14H,3-6,9-12H2,1-2H3. The number of fused-ring (bicyclic) bond motifs is 2. The molecule has 31 heavy (non-hydrogen) atoms. The number of benzene rings is 1. The molecule has 1 fully saturated rings. The number of amides is 1. The molecule has 1 aromatic carbocycles. The first-order valence-corrected chi connectivity index (χ1v) is 12.9. The summed E-state index contributed by atoms with van der Waals surface area (Å²) in [7, 11) is -1.67. The Hall–Kier alpha value is -2.23. The second-order valence-corrected chi connectivity index (χ2v) is 11.3. The average molecular weight is 459 g/mol. The zero-order valence-electron chi connectivity index (χ0n) is 17.8. The molecule has 1 saturated heterocycles. The highest BCUT2D eigenvalue weighted by molar-refractivity contribution is 7.89. The van der Waals surface area contributed by atoms with Crippen molar-refractivity contribution in [2.24, 2.45) is 7.05 Å². The highest BCUT2D eigenvalue weighted by Gasteiger charge is 2.31. The zero-order chi connectivity index (χ0) is 21.8. The minimum Gasteiger partial charge on any atom is -0.335 e. The number of piperazine rings is 1. The topological polar surface area (TPSA) is 75.5 Å². The monoisotopic (exact) mass is 458 g/mol. The Labute approximate surface area is 186 Å². The van der Waals surface area contributed by atoms with Crippen LogP contribution in [0.5, 0.6) is 0 Å². The van der Waals surface area contributed by atoms with E-state index in [1.807, 2.05) is 32.2 Å². The van der Waals surface area contributed by atoms with E-state index in [0.717, 1.165) is 40.7 Å². The molecule has 0 unspecified atom stereocenters. The number of thiophene rings is 1. The Balaban J connectivity index is 1.30. The molecule has 0 saturated carbocycles. The quantitative estimate of drug-likeness (QED) is 0.605. The highest BCUT2D eigenvalue weighted by Crippen LogP contribution is 2.30. The number of aromatic nitrogens is 2. The first kappa shape index (κ1) is 20.7. The average Bonchev–Trinajstić information content (AvgIpc) is 3.34. The van der Waals surface area contributed by atoms with Crippen molar-refractivity contribution in [2.45, 2.75) is 37.5 Å². The fourth-order valence-electron chi connectivity index (χ4n) is 4.62. The summed E-state index contributed by atoms with van der Waals surface area (Å²) in [5.74, 6) is -0.0357. The summed E-state index contributed by atoms with van der Waals surface area (Å²) >= 11 is 1.44. The van der Waals surface area contributed by atoms with Gasteiger partial charge in [0.2, 0.25) is 10.0 Å². The van der Waals surface area contributed by atoms with E-state index in [4.69, 9.17) is 0 Å². The summed E-state index contributed by atoms with van der Waals surface area (Å²) in [6, 6.07) is 7.47. The fraction of sp³-hybridized carbons (Fsp3) is 0.455. The van der Waals surface area contributed by atoms with E-state index < -0.39 is 10.0 Å². The molecule has 3 aromatic rings. The van der Waals surface area contributed by atoms with Crippen LogP contribution in [-0.4, -0.2) is 59.5 Å². The molecule has 7 nitrogen and oxygen atoms in total. The van der Waals surface area contributed by atoms with E-state index in [2.05, 4.69) is 5.10 Å². The molecule has 0 N–H and O–H groups in total. The molecule has 5 rings (SSSR count). The highest BCUT2D eigenvalue weighted by atomic mass is 32.2. The van der Waals surface area contributed by atoms with Crippen LogP contribution in [0.1, 0.15) is 39.3 Å². The number of carbonyl (C=O) groups is 1. The lowest BCUT2D eigenvalue weighted by Crippen LogP contribution is -2.50. The molecule has 2 aliphatic rings. The molecule has 164 valence electrons. The summed E-state index contributed by atoms with van der Waals surface area (Å²) in [5, 5.41) is 5.39. The fourth-order valence-corrected chi connectivity index (χ4v) is 7.18. The van der Waals surface area contributed by atoms with Crippen LogP contribution in [0.3, 0.4) is 0 Å². The molecule has 2 aromatic heterocycles. The number of carbonyl (C=O) groups excluding carboxylic acids is 1. The summed E-state index contributed by atoms with van der Waals surface area (Å²) in [6.07, 6.45) is 4.27. The Kier molecular flexibility index (Phi) is 5.15. The van der Waals surface area contributed by atoms with Crippen LogP contribution in [-0.2, 0) is 29.9 Å². The van der Waals surface area contributed by atoms with Crippen molar-refractivity contribution in [3.05, 3.63) is 46.0 Å². The first-order chi connectivity index (χ1) is 14.8. The van der Waals surface area contributed by atoms with E-state index in [1.165, 1.54) is 27.6 Å². The molecule has 9 heteroatoms. The summed E-state index contributed by atoms with van der Waals surface area (Å²) in [5.41, 5.74) is 3.35. The maximum atomic E-state index is 13.2. The van der Waals surface area contributed by atoms with Crippen LogP contribution in [0.25, 0.3) is 10.2 Å². The Morgan fingerprint density at radius 1 is 1.03 bits per heavy atom. The van der Waals surface area contributed by atoms with E-state index in [-0.39, 0.29) is 5.91 Å². The van der Waals surface area contributed by atoms with Gasteiger partial charge < -0.3 is 4.90 Å². The van der Waals surface area contributed by atoms with Gasteiger partial charge in [-0.2, -0.15) is 9.40 Å². The smallest absolute Gasteiger partial charge is 0.264 e. The van der Waals surface area contributed by atoms with Gasteiger partial charge in [0.1, 0.15) is 4.83 Å². The summed E-state index contributed by atoms with van der Waals surface area (Å²) < 4.78 is 29.7. The van der Waals surface area contributed by atoms with Crippen molar-refractivity contribution in [3.63, 3.8) is 0 Å². The lowest BCUT2D eigenvalue weighted by atomic mass is 9.92. The molecular weight excluding hydrogens is 432 g/mol. The van der Waals surface area contributed by atoms with E-state index in [9.17, 15) is 13.2 Å². The lowest BCUT2D eigenvalue weighted by Gasteiger charge is -2.34. The van der Waals surface area contributed by atoms with Gasteiger partial charge in [-0.3, -0.25) is 9.48 Å². The third-order valence-corrected chi connectivity index (χ3v) is 9.48. The molecule has 0 radical (unpaired) electrons. The van der Waals surface area contributed by atoms with Crippen LogP contribution >= 0.6 is 11.3 Å². The number of sulfonamides is 1. The molecule has 1 amide bonds. The van der Waals surface area contributed by atoms with E-state index in [1.54, 1.807) is 15.6 Å². The van der Waals surface area contributed by atoms with Gasteiger partial charge in [0.15, 0.2) is 0 Å². The van der Waals surface area contributed by atoms with Crippen molar-refractivity contribution >= 4 is 37.5 Å². The number of nitrogens with zero attached hydrogens (tertiary/aromatic N) is 4. The predicted molar refractivity (Wildman–Crippen MR) is 121 cm³/mol. The number of aryl methyl sites for hydroxylation is 4. The molecule has 1 aliphatic carbocycles. The minimum atomic E-state index is -3.55. The van der Waals surface area contributed by atoms with Gasteiger partial charge in [0, 0.05) is 38.6 Å². The molecule has 0 spiro atoms. The second kappa shape index (κ2) is 7.72. The van der Waals surface area contributed by atoms with E-state index in [0.29, 0.717) is 36.0 Å². The Morgan fingerprint density at radius 3 is 2.45 bits per heavy atom. The SMILES string of the molecule is Cc1nn(C)c2sc(C(=O)N3CCN(S(=O)(=O)c4ccc5c(c4)CCCC5)CC3)cc12. The minimum absolute atomic E-state index is 0.0357. The Bertz CT molecular complexity index is 1230. The molecular formula is C22H26N4O3S2. The first-order valence-electron chi connectivity index (χ1n) is 10.7. The third-order valence-electron chi connectivity index (χ3n) is 6.39. The van der Waals surface area contributed by atoms with Crippen LogP contribution in [0.4, 0.5) is 0 Å². The van der Waals surface area contributed by atoms with Crippen molar-refractivity contribution in [1.29, 1.82) is 0 Å². The zero-order valence-corrected chi connectivity index (χ0v) is 19.4. The van der Waals surface area contributed by atoms with Gasteiger partial charge in [-0.25, -0.2) is 8.42 Å². The summed E-state index contributed by atoms with van der Waals surface area (Å²) in [6.45, 7) is 3.36. The largest absolute Gasteiger partial charge is 0.335 e. The molecule has 0 atom stereocenters. The molecule has 0 bridgehead atoms. The van der Waals surface area contributed by atoms with Gasteiger partial charge >= 0.3 is 0 Å². The van der Waals surface area contributed by atoms with Crippen molar-refractivity contribution in [2.75, 3.05) is 26.2 Å². The normalized spacial score (nSPS) is 17.8. The Morgan fingerprint density at radius 2 is 1.74 bits per heavy atom. The van der Waals surface area contributed by atoms with Gasteiger partial charge in [-0.05, 0) is 61.9 Å². The van der Waals surface area contributed by atoms with Crippen molar-refractivity contribution in [1.82, 2.24) is 19.0 Å². The summed E-state index contributed by atoms with van der Waals surface area (Å²) in [4.78, 5) is 16.8. The van der Waals surface area contributed by atoms with Crippen molar-refractivity contribution < 1.29 is 13.2 Å². The molecule has 1 aliphatic heterocycles. The third kappa shape index (κ3) is 3.58. The number of hydrogen-bond donors (Lipinski definition) is 0. The van der Waals surface area contributed by atoms with Crippen LogP contribution < -0.4 is 0 Å². The van der Waals surface area contributed by atoms with Crippen LogP contribution in [0.2, 0.25) is 0 Å². The van der Waals surface area contributed by atoms with Crippen molar-refractivity contribution in [3.8, 4) is 0 Å². The van der Waals surface area contributed by atoms with Crippen LogP contribution in [0.15, 0.2) is 29.2 Å². The molecule has 3 heterocycles.